The van der Waals surface area contributed by atoms with Crippen LogP contribution in [0.15, 0.2) is 6.07 Å². The van der Waals surface area contributed by atoms with Crippen LogP contribution in [0.5, 0.6) is 11.5 Å². The summed E-state index contributed by atoms with van der Waals surface area (Å²) < 4.78 is 13.5. The summed E-state index contributed by atoms with van der Waals surface area (Å²) in [7, 11) is 0. The highest BCUT2D eigenvalue weighted by atomic mass is 35.5. The van der Waals surface area contributed by atoms with Crippen LogP contribution in [0.1, 0.15) is 18.4 Å². The number of rotatable bonds is 2. The van der Waals surface area contributed by atoms with Crippen LogP contribution in [0, 0.1) is 5.82 Å². The third-order valence-corrected chi connectivity index (χ3v) is 2.87. The molecular formula is C10H10ClFO3. The minimum atomic E-state index is -0.949. The van der Waals surface area contributed by atoms with E-state index < -0.39 is 22.9 Å². The van der Waals surface area contributed by atoms with Gasteiger partial charge < -0.3 is 15.3 Å². The Bertz CT molecular complexity index is 389. The summed E-state index contributed by atoms with van der Waals surface area (Å²) in [4.78, 5) is 0. The van der Waals surface area contributed by atoms with Crippen molar-refractivity contribution < 1.29 is 19.7 Å². The van der Waals surface area contributed by atoms with Gasteiger partial charge in [-0.25, -0.2) is 4.39 Å². The van der Waals surface area contributed by atoms with Crippen molar-refractivity contribution in [2.75, 3.05) is 0 Å². The van der Waals surface area contributed by atoms with Crippen LogP contribution in [0.2, 0.25) is 5.02 Å². The molecule has 0 aliphatic heterocycles. The van der Waals surface area contributed by atoms with Crippen molar-refractivity contribution in [3.8, 4) is 11.5 Å². The Morgan fingerprint density at radius 3 is 2.53 bits per heavy atom. The Morgan fingerprint density at radius 1 is 1.40 bits per heavy atom. The van der Waals surface area contributed by atoms with Crippen LogP contribution >= 0.6 is 11.6 Å². The molecule has 0 radical (unpaired) electrons. The van der Waals surface area contributed by atoms with E-state index in [0.717, 1.165) is 6.07 Å². The van der Waals surface area contributed by atoms with E-state index in [1.54, 1.807) is 0 Å². The van der Waals surface area contributed by atoms with Gasteiger partial charge in [0.2, 0.25) is 0 Å². The fraction of sp³-hybridized carbons (Fsp3) is 0.400. The van der Waals surface area contributed by atoms with E-state index in [9.17, 15) is 19.7 Å². The second-order valence-electron chi connectivity index (χ2n) is 3.92. The standard InChI is InChI=1S/C10H10ClFO3/c11-6-3-7(13)9(14)5(8(6)12)4-10(15)1-2-10/h3,13-15H,1-2,4H2. The number of phenols is 2. The first-order chi connectivity index (χ1) is 6.93. The van der Waals surface area contributed by atoms with Crippen LogP contribution in [-0.2, 0) is 6.42 Å². The number of halogens is 2. The van der Waals surface area contributed by atoms with Crippen molar-refractivity contribution in [3.05, 3.63) is 22.5 Å². The first-order valence-corrected chi connectivity index (χ1v) is 4.92. The maximum atomic E-state index is 13.5. The zero-order valence-electron chi connectivity index (χ0n) is 7.80. The molecule has 1 saturated carbocycles. The summed E-state index contributed by atoms with van der Waals surface area (Å²) in [6.07, 6.45) is 1.11. The molecule has 0 spiro atoms. The third kappa shape index (κ3) is 1.87. The molecule has 0 heterocycles. The molecule has 1 aromatic rings. The molecule has 82 valence electrons. The fourth-order valence-corrected chi connectivity index (χ4v) is 1.68. The average Bonchev–Trinajstić information content (AvgIpc) is 2.89. The third-order valence-electron chi connectivity index (χ3n) is 2.60. The molecule has 5 heteroatoms. The molecule has 15 heavy (non-hydrogen) atoms. The van der Waals surface area contributed by atoms with E-state index in [1.165, 1.54) is 0 Å². The molecule has 0 unspecified atom stereocenters. The fourth-order valence-electron chi connectivity index (χ4n) is 1.47. The van der Waals surface area contributed by atoms with E-state index in [0.29, 0.717) is 12.8 Å². The summed E-state index contributed by atoms with van der Waals surface area (Å²) >= 11 is 5.51. The molecule has 1 aliphatic rings. The average molecular weight is 233 g/mol. The van der Waals surface area contributed by atoms with Gasteiger partial charge in [-0.3, -0.25) is 0 Å². The quantitative estimate of drug-likeness (QED) is 0.683. The van der Waals surface area contributed by atoms with Gasteiger partial charge in [0, 0.05) is 18.1 Å². The molecule has 0 saturated heterocycles. The van der Waals surface area contributed by atoms with Gasteiger partial charge >= 0.3 is 0 Å². The van der Waals surface area contributed by atoms with Crippen molar-refractivity contribution in [1.82, 2.24) is 0 Å². The number of hydrogen-bond donors (Lipinski definition) is 3. The van der Waals surface area contributed by atoms with Crippen LogP contribution in [-0.4, -0.2) is 20.9 Å². The Kier molecular flexibility index (Phi) is 2.28. The predicted molar refractivity (Wildman–Crippen MR) is 52.6 cm³/mol. The molecule has 3 N–H and O–H groups in total. The Morgan fingerprint density at radius 2 is 2.00 bits per heavy atom. The summed E-state index contributed by atoms with van der Waals surface area (Å²) in [5, 5.41) is 28.0. The first kappa shape index (κ1) is 10.5. The van der Waals surface area contributed by atoms with E-state index >= 15 is 0 Å². The first-order valence-electron chi connectivity index (χ1n) is 4.54. The van der Waals surface area contributed by atoms with Gasteiger partial charge in [-0.15, -0.1) is 0 Å². The second kappa shape index (κ2) is 3.25. The maximum absolute atomic E-state index is 13.5. The Balaban J connectivity index is 2.44. The predicted octanol–water partition coefficient (Wildman–Crippen LogP) is 1.96. The number of phenolic OH excluding ortho intramolecular Hbond substituents is 2. The molecule has 2 rings (SSSR count). The lowest BCUT2D eigenvalue weighted by atomic mass is 10.0. The van der Waals surface area contributed by atoms with E-state index in [1.807, 2.05) is 0 Å². The molecule has 1 aromatic carbocycles. The lowest BCUT2D eigenvalue weighted by Crippen LogP contribution is -2.12. The highest BCUT2D eigenvalue weighted by Crippen LogP contribution is 2.44. The zero-order valence-corrected chi connectivity index (χ0v) is 8.55. The molecule has 1 aliphatic carbocycles. The highest BCUT2D eigenvalue weighted by Gasteiger charge is 2.42. The van der Waals surface area contributed by atoms with Gasteiger partial charge in [-0.2, -0.15) is 0 Å². The minimum Gasteiger partial charge on any atom is -0.504 e. The Labute approximate surface area is 90.7 Å². The van der Waals surface area contributed by atoms with Gasteiger partial charge in [0.25, 0.3) is 0 Å². The van der Waals surface area contributed by atoms with E-state index in [4.69, 9.17) is 11.6 Å². The summed E-state index contributed by atoms with van der Waals surface area (Å²) in [6.45, 7) is 0. The largest absolute Gasteiger partial charge is 0.504 e. The summed E-state index contributed by atoms with van der Waals surface area (Å²) in [5.41, 5.74) is -1.07. The van der Waals surface area contributed by atoms with Gasteiger partial charge in [-0.1, -0.05) is 11.6 Å². The topological polar surface area (TPSA) is 60.7 Å². The van der Waals surface area contributed by atoms with E-state index in [-0.39, 0.29) is 17.0 Å². The zero-order chi connectivity index (χ0) is 11.2. The molecular weight excluding hydrogens is 223 g/mol. The number of aromatic hydroxyl groups is 2. The number of benzene rings is 1. The monoisotopic (exact) mass is 232 g/mol. The van der Waals surface area contributed by atoms with Gasteiger partial charge in [0.15, 0.2) is 11.5 Å². The van der Waals surface area contributed by atoms with Crippen molar-refractivity contribution in [2.24, 2.45) is 0 Å². The van der Waals surface area contributed by atoms with Crippen molar-refractivity contribution in [3.63, 3.8) is 0 Å². The smallest absolute Gasteiger partial charge is 0.163 e. The lowest BCUT2D eigenvalue weighted by Gasteiger charge is -2.12. The summed E-state index contributed by atoms with van der Waals surface area (Å²) in [6, 6.07) is 0.937. The van der Waals surface area contributed by atoms with Gasteiger partial charge in [0.05, 0.1) is 10.6 Å². The molecule has 0 atom stereocenters. The van der Waals surface area contributed by atoms with Crippen LogP contribution in [0.3, 0.4) is 0 Å². The molecule has 3 nitrogen and oxygen atoms in total. The normalized spacial score (nSPS) is 17.8. The lowest BCUT2D eigenvalue weighted by molar-refractivity contribution is 0.148. The maximum Gasteiger partial charge on any atom is 0.163 e. The van der Waals surface area contributed by atoms with Crippen LogP contribution < -0.4 is 0 Å². The SMILES string of the molecule is Oc1cc(Cl)c(F)c(CC2(O)CC2)c1O. The minimum absolute atomic E-state index is 0.0290. The van der Waals surface area contributed by atoms with Gasteiger partial charge in [0.1, 0.15) is 5.82 Å². The van der Waals surface area contributed by atoms with Gasteiger partial charge in [-0.05, 0) is 12.8 Å². The van der Waals surface area contributed by atoms with Crippen LogP contribution in [0.25, 0.3) is 0 Å². The summed E-state index contributed by atoms with van der Waals surface area (Å²) in [5.74, 6) is -1.80. The Hall–Kier alpha value is -1.00. The molecule has 0 bridgehead atoms. The van der Waals surface area contributed by atoms with Crippen LogP contribution in [0.4, 0.5) is 4.39 Å². The van der Waals surface area contributed by atoms with Crippen molar-refractivity contribution in [1.29, 1.82) is 0 Å². The molecule has 0 aromatic heterocycles. The van der Waals surface area contributed by atoms with Crippen molar-refractivity contribution >= 4 is 11.6 Å². The molecule has 0 amide bonds. The molecule has 1 fully saturated rings. The second-order valence-corrected chi connectivity index (χ2v) is 4.33. The van der Waals surface area contributed by atoms with E-state index in [2.05, 4.69) is 0 Å². The highest BCUT2D eigenvalue weighted by molar-refractivity contribution is 6.31. The number of hydrogen-bond acceptors (Lipinski definition) is 3. The van der Waals surface area contributed by atoms with Crippen molar-refractivity contribution in [2.45, 2.75) is 24.9 Å². The number of aliphatic hydroxyl groups is 1.